The molecule has 192 valence electrons. The summed E-state index contributed by atoms with van der Waals surface area (Å²) in [6.45, 7) is 5.10. The lowest BCUT2D eigenvalue weighted by molar-refractivity contribution is -0.142. The average Bonchev–Trinajstić information content (AvgIpc) is 3.41. The number of carbonyl (C=O) groups excluding carboxylic acids is 3. The zero-order valence-corrected chi connectivity index (χ0v) is 20.9. The first kappa shape index (κ1) is 24.5. The Morgan fingerprint density at radius 3 is 2.51 bits per heavy atom. The minimum atomic E-state index is -1.16. The van der Waals surface area contributed by atoms with E-state index in [1.54, 1.807) is 11.0 Å². The summed E-state index contributed by atoms with van der Waals surface area (Å²) >= 11 is 0. The van der Waals surface area contributed by atoms with E-state index < -0.39 is 42.0 Å². The monoisotopic (exact) mass is 502 g/mol. The van der Waals surface area contributed by atoms with Gasteiger partial charge < -0.3 is 25.6 Å². The summed E-state index contributed by atoms with van der Waals surface area (Å²) in [7, 11) is 0. The highest BCUT2D eigenvalue weighted by atomic mass is 16.4. The molecule has 0 radical (unpaired) electrons. The van der Waals surface area contributed by atoms with Crippen LogP contribution < -0.4 is 10.6 Å². The molecule has 5 atom stereocenters. The van der Waals surface area contributed by atoms with Crippen molar-refractivity contribution in [2.75, 3.05) is 0 Å². The minimum absolute atomic E-state index is 0.228. The van der Waals surface area contributed by atoms with Crippen molar-refractivity contribution < 1.29 is 24.3 Å². The normalized spacial score (nSPS) is 20.4. The lowest BCUT2D eigenvalue weighted by Crippen LogP contribution is -2.59. The molecule has 0 aliphatic carbocycles. The maximum absolute atomic E-state index is 13.8. The second kappa shape index (κ2) is 9.38. The molecule has 0 bridgehead atoms. The summed E-state index contributed by atoms with van der Waals surface area (Å²) in [5.74, 6) is -2.64. The Balaban J connectivity index is 1.53. The van der Waals surface area contributed by atoms with E-state index >= 15 is 0 Å². The number of para-hydroxylation sites is 1. The lowest BCUT2D eigenvalue weighted by Gasteiger charge is -2.38. The standard InChI is InChI=1S/C28H30N4O5/c1-4-14(2)22(26(34)29-15(3)28(36)37)31-25(33)21-13-19-16-9-7-8-12-20(16)30-23(19)24-17-10-5-6-11-18(17)27(35)32(21)24/h5-12,14-15,21-22,24,30H,4,13H2,1-3H3,(H,29,34)(H,31,33)(H,36,37)/t14-,15+,21+,22+,24-/m1/s1. The third-order valence-corrected chi connectivity index (χ3v) is 7.68. The van der Waals surface area contributed by atoms with E-state index in [9.17, 15) is 24.3 Å². The van der Waals surface area contributed by atoms with Gasteiger partial charge in [-0.05, 0) is 36.1 Å². The highest BCUT2D eigenvalue weighted by Crippen LogP contribution is 2.46. The second-order valence-electron chi connectivity index (χ2n) is 9.93. The lowest BCUT2D eigenvalue weighted by atomic mass is 9.89. The first-order valence-electron chi connectivity index (χ1n) is 12.6. The SMILES string of the molecule is CC[C@@H](C)[C@H](NC(=O)[C@@H]1Cc2c([nH]c3ccccc23)[C@H]2c3ccccc3C(=O)N21)C(=O)N[C@@H](C)C(=O)O. The van der Waals surface area contributed by atoms with Crippen LogP contribution in [0.3, 0.4) is 0 Å². The summed E-state index contributed by atoms with van der Waals surface area (Å²) in [4.78, 5) is 56.8. The first-order chi connectivity index (χ1) is 17.7. The number of hydrogen-bond acceptors (Lipinski definition) is 4. The highest BCUT2D eigenvalue weighted by molar-refractivity contribution is 6.04. The van der Waals surface area contributed by atoms with Crippen LogP contribution in [0.1, 0.15) is 60.4 Å². The maximum Gasteiger partial charge on any atom is 0.325 e. The van der Waals surface area contributed by atoms with E-state index in [0.717, 1.165) is 27.7 Å². The van der Waals surface area contributed by atoms with Gasteiger partial charge in [0, 0.05) is 28.6 Å². The number of carboxylic acid groups (broad SMARTS) is 1. The largest absolute Gasteiger partial charge is 0.480 e. The number of fused-ring (bicyclic) bond motifs is 7. The fourth-order valence-corrected chi connectivity index (χ4v) is 5.45. The molecule has 1 aromatic heterocycles. The van der Waals surface area contributed by atoms with Gasteiger partial charge in [0.1, 0.15) is 18.1 Å². The Morgan fingerprint density at radius 1 is 1.08 bits per heavy atom. The molecule has 9 heteroatoms. The van der Waals surface area contributed by atoms with Crippen LogP contribution in [-0.2, 0) is 20.8 Å². The number of benzene rings is 2. The van der Waals surface area contributed by atoms with Crippen molar-refractivity contribution in [3.63, 3.8) is 0 Å². The molecule has 0 spiro atoms. The molecule has 3 heterocycles. The van der Waals surface area contributed by atoms with Gasteiger partial charge in [-0.3, -0.25) is 19.2 Å². The van der Waals surface area contributed by atoms with Crippen LogP contribution in [0.2, 0.25) is 0 Å². The molecule has 0 saturated carbocycles. The van der Waals surface area contributed by atoms with E-state index in [-0.39, 0.29) is 11.8 Å². The summed E-state index contributed by atoms with van der Waals surface area (Å²) in [6, 6.07) is 11.9. The van der Waals surface area contributed by atoms with E-state index in [1.165, 1.54) is 6.92 Å². The molecule has 9 nitrogen and oxygen atoms in total. The van der Waals surface area contributed by atoms with Gasteiger partial charge in [0.25, 0.3) is 5.91 Å². The Morgan fingerprint density at radius 2 is 1.78 bits per heavy atom. The second-order valence-corrected chi connectivity index (χ2v) is 9.93. The molecule has 2 aliphatic rings. The van der Waals surface area contributed by atoms with Gasteiger partial charge in [-0.25, -0.2) is 0 Å². The Labute approximate surface area is 214 Å². The summed E-state index contributed by atoms with van der Waals surface area (Å²) in [5, 5.41) is 15.6. The van der Waals surface area contributed by atoms with Gasteiger partial charge in [-0.1, -0.05) is 56.7 Å². The molecule has 37 heavy (non-hydrogen) atoms. The van der Waals surface area contributed by atoms with Crippen molar-refractivity contribution in [1.29, 1.82) is 0 Å². The molecule has 3 amide bonds. The van der Waals surface area contributed by atoms with Crippen molar-refractivity contribution in [2.45, 2.75) is 57.8 Å². The summed E-state index contributed by atoms with van der Waals surface area (Å²) < 4.78 is 0. The number of carboxylic acids is 1. The Hall–Kier alpha value is -4.14. The van der Waals surface area contributed by atoms with E-state index in [0.29, 0.717) is 18.4 Å². The van der Waals surface area contributed by atoms with Gasteiger partial charge in [-0.2, -0.15) is 0 Å². The molecular weight excluding hydrogens is 472 g/mol. The quantitative estimate of drug-likeness (QED) is 0.395. The van der Waals surface area contributed by atoms with Crippen molar-refractivity contribution in [3.8, 4) is 0 Å². The van der Waals surface area contributed by atoms with Crippen LogP contribution in [-0.4, -0.2) is 56.8 Å². The molecule has 0 saturated heterocycles. The van der Waals surface area contributed by atoms with Crippen molar-refractivity contribution in [1.82, 2.24) is 20.5 Å². The number of hydrogen-bond donors (Lipinski definition) is 4. The van der Waals surface area contributed by atoms with Crippen molar-refractivity contribution in [2.24, 2.45) is 5.92 Å². The number of nitrogens with zero attached hydrogens (tertiary/aromatic N) is 1. The van der Waals surface area contributed by atoms with Gasteiger partial charge in [0.05, 0.1) is 6.04 Å². The zero-order chi connectivity index (χ0) is 26.4. The smallest absolute Gasteiger partial charge is 0.325 e. The predicted octanol–water partition coefficient (Wildman–Crippen LogP) is 2.76. The molecule has 0 unspecified atom stereocenters. The molecule has 0 fully saturated rings. The number of H-pyrrole nitrogens is 1. The Bertz CT molecular complexity index is 1410. The van der Waals surface area contributed by atoms with Crippen LogP contribution in [0, 0.1) is 5.92 Å². The maximum atomic E-state index is 13.8. The number of aliphatic carboxylic acids is 1. The Kier molecular flexibility index (Phi) is 6.23. The van der Waals surface area contributed by atoms with Gasteiger partial charge in [0.15, 0.2) is 0 Å². The van der Waals surface area contributed by atoms with Crippen LogP contribution in [0.5, 0.6) is 0 Å². The van der Waals surface area contributed by atoms with Crippen molar-refractivity contribution >= 4 is 34.6 Å². The third kappa shape index (κ3) is 4.04. The first-order valence-corrected chi connectivity index (χ1v) is 12.6. The van der Waals surface area contributed by atoms with E-state index in [1.807, 2.05) is 56.3 Å². The molecular formula is C28H30N4O5. The number of amides is 3. The van der Waals surface area contributed by atoms with E-state index in [4.69, 9.17) is 0 Å². The third-order valence-electron chi connectivity index (χ3n) is 7.68. The van der Waals surface area contributed by atoms with Gasteiger partial charge in [0.2, 0.25) is 11.8 Å². The fraction of sp³-hybridized carbons (Fsp3) is 0.357. The molecule has 2 aromatic carbocycles. The van der Waals surface area contributed by atoms with Crippen molar-refractivity contribution in [3.05, 3.63) is 70.9 Å². The summed E-state index contributed by atoms with van der Waals surface area (Å²) in [5.41, 5.74) is 4.21. The minimum Gasteiger partial charge on any atom is -0.480 e. The zero-order valence-electron chi connectivity index (χ0n) is 20.9. The topological polar surface area (TPSA) is 132 Å². The highest BCUT2D eigenvalue weighted by Gasteiger charge is 2.49. The number of nitrogens with one attached hydrogen (secondary N) is 3. The van der Waals surface area contributed by atoms with Crippen LogP contribution in [0.15, 0.2) is 48.5 Å². The van der Waals surface area contributed by atoms with Crippen LogP contribution in [0.4, 0.5) is 0 Å². The summed E-state index contributed by atoms with van der Waals surface area (Å²) in [6.07, 6.45) is 0.884. The van der Waals surface area contributed by atoms with E-state index in [2.05, 4.69) is 15.6 Å². The fourth-order valence-electron chi connectivity index (χ4n) is 5.45. The molecule has 3 aromatic rings. The predicted molar refractivity (Wildman–Crippen MR) is 137 cm³/mol. The van der Waals surface area contributed by atoms with Gasteiger partial charge >= 0.3 is 5.97 Å². The average molecular weight is 503 g/mol. The van der Waals surface area contributed by atoms with Crippen LogP contribution >= 0.6 is 0 Å². The molecule has 5 rings (SSSR count). The van der Waals surface area contributed by atoms with Crippen LogP contribution in [0.25, 0.3) is 10.9 Å². The number of rotatable bonds is 7. The molecule has 2 aliphatic heterocycles. The number of aromatic nitrogens is 1. The number of aromatic amines is 1. The number of carbonyl (C=O) groups is 4. The van der Waals surface area contributed by atoms with Gasteiger partial charge in [-0.15, -0.1) is 0 Å². The molecule has 4 N–H and O–H groups in total.